The number of rotatable bonds is 3. The first-order valence-electron chi connectivity index (χ1n) is 10.9. The fourth-order valence-corrected chi connectivity index (χ4v) is 5.50. The van der Waals surface area contributed by atoms with E-state index in [1.807, 2.05) is 29.2 Å². The number of hydrogen-bond acceptors (Lipinski definition) is 3. The number of likely N-dealkylation sites (tertiary alicyclic amines) is 1. The third-order valence-electron chi connectivity index (χ3n) is 5.88. The van der Waals surface area contributed by atoms with E-state index in [0.717, 1.165) is 23.4 Å². The quantitative estimate of drug-likeness (QED) is 0.537. The van der Waals surface area contributed by atoms with Gasteiger partial charge in [0.1, 0.15) is 6.54 Å². The highest BCUT2D eigenvalue weighted by Gasteiger charge is 2.34. The molecule has 4 rings (SSSR count). The number of para-hydroxylation sites is 1. The zero-order chi connectivity index (χ0) is 23.8. The molecule has 2 aliphatic rings. The number of nitrogens with zero attached hydrogens (tertiary/aromatic N) is 2. The van der Waals surface area contributed by atoms with E-state index in [9.17, 15) is 22.8 Å². The Hall–Kier alpha value is -2.74. The number of carbonyl (C=O) groups excluding carboxylic acids is 2. The molecule has 0 aromatic heterocycles. The summed E-state index contributed by atoms with van der Waals surface area (Å²) in [6, 6.07) is 12.0. The van der Waals surface area contributed by atoms with Crippen LogP contribution in [0.1, 0.15) is 31.4 Å². The molecule has 0 unspecified atom stereocenters. The SMILES string of the molecule is C[C@H]1C[C@H](C)CN(C(=O)CN2C(=O)/C(=C\c3ccc(C(F)(F)F)cc3)Sc3ccccc32)C1. The zero-order valence-corrected chi connectivity index (χ0v) is 19.2. The first-order valence-corrected chi connectivity index (χ1v) is 11.7. The number of piperidine rings is 1. The molecule has 1 fully saturated rings. The second kappa shape index (κ2) is 9.25. The van der Waals surface area contributed by atoms with E-state index in [1.165, 1.54) is 28.8 Å². The lowest BCUT2D eigenvalue weighted by Gasteiger charge is -2.37. The van der Waals surface area contributed by atoms with E-state index in [-0.39, 0.29) is 18.4 Å². The summed E-state index contributed by atoms with van der Waals surface area (Å²) in [5.41, 5.74) is 0.418. The van der Waals surface area contributed by atoms with Gasteiger partial charge in [0.2, 0.25) is 5.91 Å². The Morgan fingerprint density at radius 1 is 1.06 bits per heavy atom. The van der Waals surface area contributed by atoms with E-state index >= 15 is 0 Å². The summed E-state index contributed by atoms with van der Waals surface area (Å²) >= 11 is 1.26. The summed E-state index contributed by atoms with van der Waals surface area (Å²) < 4.78 is 38.6. The predicted molar refractivity (Wildman–Crippen MR) is 124 cm³/mol. The first-order chi connectivity index (χ1) is 15.6. The highest BCUT2D eigenvalue weighted by atomic mass is 32.2. The van der Waals surface area contributed by atoms with Crippen molar-refractivity contribution in [3.63, 3.8) is 0 Å². The lowest BCUT2D eigenvalue weighted by Crippen LogP contribution is -2.49. The van der Waals surface area contributed by atoms with Gasteiger partial charge in [-0.3, -0.25) is 14.5 Å². The topological polar surface area (TPSA) is 40.6 Å². The highest BCUT2D eigenvalue weighted by Crippen LogP contribution is 2.42. The molecule has 2 aliphatic heterocycles. The van der Waals surface area contributed by atoms with Gasteiger partial charge in [-0.15, -0.1) is 0 Å². The third kappa shape index (κ3) is 5.27. The molecule has 0 spiro atoms. The molecular formula is C25H25F3N2O2S. The van der Waals surface area contributed by atoms with E-state index < -0.39 is 11.7 Å². The Morgan fingerprint density at radius 3 is 2.33 bits per heavy atom. The molecule has 1 saturated heterocycles. The van der Waals surface area contributed by atoms with Crippen LogP contribution in [-0.4, -0.2) is 36.3 Å². The molecule has 0 saturated carbocycles. The van der Waals surface area contributed by atoms with Gasteiger partial charge < -0.3 is 4.90 Å². The van der Waals surface area contributed by atoms with Gasteiger partial charge in [0.05, 0.1) is 16.2 Å². The van der Waals surface area contributed by atoms with Crippen LogP contribution in [0.2, 0.25) is 0 Å². The summed E-state index contributed by atoms with van der Waals surface area (Å²) in [5.74, 6) is 0.392. The molecule has 0 aliphatic carbocycles. The van der Waals surface area contributed by atoms with Crippen molar-refractivity contribution in [3.8, 4) is 0 Å². The number of thioether (sulfide) groups is 1. The molecule has 0 bridgehead atoms. The average molecular weight is 475 g/mol. The molecule has 2 amide bonds. The fraction of sp³-hybridized carbons (Fsp3) is 0.360. The maximum Gasteiger partial charge on any atom is 0.416 e. The summed E-state index contributed by atoms with van der Waals surface area (Å²) in [4.78, 5) is 31.0. The van der Waals surface area contributed by atoms with Crippen molar-refractivity contribution in [2.24, 2.45) is 11.8 Å². The maximum atomic E-state index is 13.4. The monoisotopic (exact) mass is 474 g/mol. The molecular weight excluding hydrogens is 449 g/mol. The van der Waals surface area contributed by atoms with Crippen LogP contribution in [0.3, 0.4) is 0 Å². The smallest absolute Gasteiger partial charge is 0.341 e. The van der Waals surface area contributed by atoms with Gasteiger partial charge in [0.15, 0.2) is 0 Å². The Labute approximate surface area is 195 Å². The van der Waals surface area contributed by atoms with Crippen molar-refractivity contribution in [1.82, 2.24) is 4.90 Å². The van der Waals surface area contributed by atoms with Gasteiger partial charge in [0.25, 0.3) is 5.91 Å². The number of carbonyl (C=O) groups is 2. The largest absolute Gasteiger partial charge is 0.416 e. The number of amides is 2. The van der Waals surface area contributed by atoms with Gasteiger partial charge in [-0.05, 0) is 54.2 Å². The number of hydrogen-bond donors (Lipinski definition) is 0. The van der Waals surface area contributed by atoms with Crippen LogP contribution in [0.5, 0.6) is 0 Å². The minimum Gasteiger partial charge on any atom is -0.341 e. The van der Waals surface area contributed by atoms with Crippen LogP contribution in [0.4, 0.5) is 18.9 Å². The van der Waals surface area contributed by atoms with Crippen molar-refractivity contribution in [2.45, 2.75) is 31.3 Å². The number of fused-ring (bicyclic) bond motifs is 1. The molecule has 2 aromatic carbocycles. The van der Waals surface area contributed by atoms with Crippen molar-refractivity contribution in [2.75, 3.05) is 24.5 Å². The fourth-order valence-electron chi connectivity index (χ4n) is 4.44. The molecule has 33 heavy (non-hydrogen) atoms. The number of benzene rings is 2. The van der Waals surface area contributed by atoms with Crippen LogP contribution in [-0.2, 0) is 15.8 Å². The second-order valence-corrected chi connectivity index (χ2v) is 9.92. The zero-order valence-electron chi connectivity index (χ0n) is 18.4. The van der Waals surface area contributed by atoms with Gasteiger partial charge in [-0.1, -0.05) is 49.9 Å². The molecule has 0 radical (unpaired) electrons. The highest BCUT2D eigenvalue weighted by molar-refractivity contribution is 8.04. The minimum absolute atomic E-state index is 0.0692. The van der Waals surface area contributed by atoms with E-state index in [0.29, 0.717) is 41.1 Å². The number of anilines is 1. The van der Waals surface area contributed by atoms with Crippen LogP contribution in [0.15, 0.2) is 58.3 Å². The first kappa shape index (κ1) is 23.4. The molecule has 2 heterocycles. The summed E-state index contributed by atoms with van der Waals surface area (Å²) in [7, 11) is 0. The number of alkyl halides is 3. The Balaban J connectivity index is 1.60. The Morgan fingerprint density at radius 2 is 1.70 bits per heavy atom. The van der Waals surface area contributed by atoms with E-state index in [2.05, 4.69) is 13.8 Å². The van der Waals surface area contributed by atoms with Crippen LogP contribution < -0.4 is 4.90 Å². The molecule has 8 heteroatoms. The van der Waals surface area contributed by atoms with Crippen molar-refractivity contribution in [3.05, 3.63) is 64.6 Å². The average Bonchev–Trinajstić information content (AvgIpc) is 2.75. The third-order valence-corrected chi connectivity index (χ3v) is 6.96. The van der Waals surface area contributed by atoms with Gasteiger partial charge in [0, 0.05) is 18.0 Å². The normalized spacial score (nSPS) is 22.5. The number of halogens is 3. The van der Waals surface area contributed by atoms with Gasteiger partial charge in [-0.2, -0.15) is 13.2 Å². The van der Waals surface area contributed by atoms with E-state index in [1.54, 1.807) is 6.08 Å². The van der Waals surface area contributed by atoms with Crippen LogP contribution in [0, 0.1) is 11.8 Å². The van der Waals surface area contributed by atoms with E-state index in [4.69, 9.17) is 0 Å². The molecule has 4 nitrogen and oxygen atoms in total. The molecule has 2 aromatic rings. The van der Waals surface area contributed by atoms with Gasteiger partial charge in [-0.25, -0.2) is 0 Å². The Kier molecular flexibility index (Phi) is 6.56. The van der Waals surface area contributed by atoms with Crippen LogP contribution in [0.25, 0.3) is 6.08 Å². The summed E-state index contributed by atoms with van der Waals surface area (Å²) in [5, 5.41) is 0. The Bertz CT molecular complexity index is 1070. The maximum absolute atomic E-state index is 13.4. The summed E-state index contributed by atoms with van der Waals surface area (Å²) in [6.45, 7) is 5.53. The predicted octanol–water partition coefficient (Wildman–Crippen LogP) is 5.69. The molecule has 0 N–H and O–H groups in total. The lowest BCUT2D eigenvalue weighted by molar-refractivity contribution is -0.137. The van der Waals surface area contributed by atoms with Crippen molar-refractivity contribution >= 4 is 35.3 Å². The van der Waals surface area contributed by atoms with Crippen LogP contribution >= 0.6 is 11.8 Å². The molecule has 174 valence electrons. The van der Waals surface area contributed by atoms with Crippen molar-refractivity contribution < 1.29 is 22.8 Å². The molecule has 2 atom stereocenters. The minimum atomic E-state index is -4.42. The standard InChI is InChI=1S/C25H25F3N2O2S/c1-16-11-17(2)14-29(13-16)23(31)15-30-20-5-3-4-6-21(20)33-22(24(30)32)12-18-7-9-19(10-8-18)25(26,27)28/h3-10,12,16-17H,11,13-15H2,1-2H3/b22-12+/t16-,17-/m0/s1. The summed E-state index contributed by atoms with van der Waals surface area (Å²) in [6.07, 6.45) is -1.77. The second-order valence-electron chi connectivity index (χ2n) is 8.83. The van der Waals surface area contributed by atoms with Gasteiger partial charge >= 0.3 is 6.18 Å². The lowest BCUT2D eigenvalue weighted by atomic mass is 9.92. The van der Waals surface area contributed by atoms with Crippen molar-refractivity contribution in [1.29, 1.82) is 0 Å².